The van der Waals surface area contributed by atoms with Gasteiger partial charge in [0.2, 0.25) is 14.8 Å². The van der Waals surface area contributed by atoms with E-state index >= 15 is 0 Å². The summed E-state index contributed by atoms with van der Waals surface area (Å²) in [5, 5.41) is 15.2. The second kappa shape index (κ2) is 14.2. The van der Waals surface area contributed by atoms with E-state index in [1.54, 1.807) is 31.4 Å². The molecule has 0 atom stereocenters. The van der Waals surface area contributed by atoms with Crippen molar-refractivity contribution in [3.05, 3.63) is 113 Å². The van der Waals surface area contributed by atoms with Gasteiger partial charge in [-0.1, -0.05) is 49.7 Å². The predicted molar refractivity (Wildman–Crippen MR) is 176 cm³/mol. The molecule has 45 heavy (non-hydrogen) atoms. The molecule has 0 aliphatic heterocycles. The minimum atomic E-state index is -4.29. The Balaban J connectivity index is 1.55. The molecule has 0 saturated heterocycles. The lowest BCUT2D eigenvalue weighted by Gasteiger charge is -2.17. The van der Waals surface area contributed by atoms with E-state index in [9.17, 15) is 13.2 Å². The Labute approximate surface area is 265 Å². The van der Waals surface area contributed by atoms with Crippen molar-refractivity contribution in [2.24, 2.45) is 10.2 Å². The van der Waals surface area contributed by atoms with Crippen LogP contribution in [-0.4, -0.2) is 32.5 Å². The molecule has 4 N–H and O–H groups in total. The zero-order chi connectivity index (χ0) is 31.8. The van der Waals surface area contributed by atoms with E-state index in [1.807, 2.05) is 77.5 Å². The van der Waals surface area contributed by atoms with Gasteiger partial charge in [0.05, 0.1) is 18.5 Å². The molecule has 0 aliphatic rings. The van der Waals surface area contributed by atoms with Gasteiger partial charge in [-0.3, -0.25) is 9.36 Å². The largest absolute Gasteiger partial charge is 0.497 e. The fraction of sp³-hybridized carbons (Fsp3) is 0.152. The lowest BCUT2D eigenvalue weighted by Crippen LogP contribution is -2.25. The molecular weight excluding hydrogens is 611 g/mol. The third-order valence-corrected chi connectivity index (χ3v) is 8.54. The van der Waals surface area contributed by atoms with E-state index in [-0.39, 0.29) is 16.2 Å². The molecule has 0 bridgehead atoms. The maximum atomic E-state index is 13.5. The number of amides is 1. The zero-order valence-corrected chi connectivity index (χ0v) is 26.4. The summed E-state index contributed by atoms with van der Waals surface area (Å²) in [5.74, 6) is 0.547. The van der Waals surface area contributed by atoms with E-state index in [1.165, 1.54) is 23.5 Å². The number of methoxy groups -OCH3 is 1. The van der Waals surface area contributed by atoms with E-state index in [0.717, 1.165) is 35.5 Å². The first-order chi connectivity index (χ1) is 21.8. The second-order valence-corrected chi connectivity index (χ2v) is 12.3. The number of benzene rings is 4. The molecule has 4 aromatic carbocycles. The van der Waals surface area contributed by atoms with Crippen LogP contribution in [0, 0.1) is 0 Å². The molecule has 0 fully saturated rings. The topological polar surface area (TPSA) is 137 Å². The number of primary sulfonamides is 1. The van der Waals surface area contributed by atoms with Gasteiger partial charge in [0.25, 0.3) is 5.91 Å². The number of sulfonamides is 1. The molecule has 0 saturated carbocycles. The molecule has 5 rings (SSSR count). The highest BCUT2D eigenvalue weighted by molar-refractivity contribution is 7.89. The molecule has 10 nitrogen and oxygen atoms in total. The second-order valence-electron chi connectivity index (χ2n) is 9.95. The summed E-state index contributed by atoms with van der Waals surface area (Å²) < 4.78 is 38.8. The highest BCUT2D eigenvalue weighted by Crippen LogP contribution is 2.37. The number of para-hydroxylation sites is 2. The summed E-state index contributed by atoms with van der Waals surface area (Å²) in [4.78, 5) is 13.7. The standard InChI is InChI=1S/C33H33N5O5S2/c1-3-4-19-35-28-20-24(21-30(45(34,40)41)31(28)43-27-13-9-6-10-14-27)32(39)36-37-33-38(25-11-7-5-8-12-25)29(22-44-33)23-15-17-26(42-2)18-16-23/h5-18,20-22,35H,3-4,19H2,1-2H3,(H,36,39)(H2,34,40,41)/b37-33-. The zero-order valence-electron chi connectivity index (χ0n) is 24.8. The Hall–Kier alpha value is -4.91. The van der Waals surface area contributed by atoms with Gasteiger partial charge in [-0.15, -0.1) is 16.4 Å². The number of nitrogens with zero attached hydrogens (tertiary/aromatic N) is 2. The predicted octanol–water partition coefficient (Wildman–Crippen LogP) is 6.11. The van der Waals surface area contributed by atoms with Gasteiger partial charge >= 0.3 is 0 Å². The van der Waals surface area contributed by atoms with Crippen LogP contribution >= 0.6 is 11.3 Å². The van der Waals surface area contributed by atoms with E-state index in [2.05, 4.69) is 15.8 Å². The van der Waals surface area contributed by atoms with Crippen molar-refractivity contribution in [3.63, 3.8) is 0 Å². The molecule has 0 spiro atoms. The number of anilines is 1. The average molecular weight is 644 g/mol. The van der Waals surface area contributed by atoms with Crippen LogP contribution in [0.25, 0.3) is 16.9 Å². The van der Waals surface area contributed by atoms with Crippen LogP contribution in [0.15, 0.2) is 112 Å². The van der Waals surface area contributed by atoms with Crippen molar-refractivity contribution >= 4 is 33.0 Å². The Bertz CT molecular complexity index is 1940. The monoisotopic (exact) mass is 643 g/mol. The molecule has 1 heterocycles. The number of carbonyl (C=O) groups excluding carboxylic acids is 1. The van der Waals surface area contributed by atoms with Crippen LogP contribution in [0.2, 0.25) is 0 Å². The number of thiazole rings is 1. The normalized spacial score (nSPS) is 11.7. The van der Waals surface area contributed by atoms with Crippen LogP contribution in [-0.2, 0) is 10.0 Å². The maximum Gasteiger partial charge on any atom is 0.271 e. The van der Waals surface area contributed by atoms with E-state index in [4.69, 9.17) is 14.6 Å². The fourth-order valence-corrected chi connectivity index (χ4v) is 6.10. The minimum absolute atomic E-state index is 0.0117. The van der Waals surface area contributed by atoms with Crippen molar-refractivity contribution in [1.29, 1.82) is 0 Å². The number of rotatable bonds is 12. The smallest absolute Gasteiger partial charge is 0.271 e. The molecule has 1 aromatic heterocycles. The number of carbonyl (C=O) groups is 1. The molecule has 0 aliphatic carbocycles. The highest BCUT2D eigenvalue weighted by Gasteiger charge is 2.24. The first-order valence-corrected chi connectivity index (χ1v) is 16.6. The molecule has 0 radical (unpaired) electrons. The third kappa shape index (κ3) is 7.60. The summed E-state index contributed by atoms with van der Waals surface area (Å²) in [7, 11) is -2.68. The lowest BCUT2D eigenvalue weighted by atomic mass is 10.1. The number of aromatic nitrogens is 1. The van der Waals surface area contributed by atoms with Crippen LogP contribution < -0.4 is 30.2 Å². The third-order valence-electron chi connectivity index (χ3n) is 6.79. The molecule has 12 heteroatoms. The van der Waals surface area contributed by atoms with Gasteiger partial charge in [0.15, 0.2) is 5.75 Å². The van der Waals surface area contributed by atoms with Crippen molar-refractivity contribution in [2.75, 3.05) is 19.0 Å². The first kappa shape index (κ1) is 31.5. The number of unbranched alkanes of at least 4 members (excludes halogenated alkanes) is 1. The van der Waals surface area contributed by atoms with E-state index in [0.29, 0.717) is 22.8 Å². The van der Waals surface area contributed by atoms with Gasteiger partial charge in [-0.2, -0.15) is 0 Å². The average Bonchev–Trinajstić information content (AvgIpc) is 3.48. The van der Waals surface area contributed by atoms with Gasteiger partial charge in [-0.25, -0.2) is 19.0 Å². The van der Waals surface area contributed by atoms with Crippen LogP contribution in [0.4, 0.5) is 5.69 Å². The number of hydrogen-bond acceptors (Lipinski definition) is 8. The molecule has 5 aromatic rings. The Morgan fingerprint density at radius 3 is 2.29 bits per heavy atom. The SMILES string of the molecule is CCCCNc1cc(C(=O)N/N=c2\scc(-c3ccc(OC)cc3)n2-c2ccccc2)cc(S(N)(=O)=O)c1Oc1ccccc1. The Morgan fingerprint density at radius 1 is 0.956 bits per heavy atom. The molecule has 0 unspecified atom stereocenters. The quantitative estimate of drug-likeness (QED) is 0.111. The summed E-state index contributed by atoms with van der Waals surface area (Å²) in [6, 6.07) is 28.8. The number of nitrogens with two attached hydrogens (primary N) is 1. The number of hydrogen-bond donors (Lipinski definition) is 3. The maximum absolute atomic E-state index is 13.5. The van der Waals surface area contributed by atoms with Crippen LogP contribution in [0.5, 0.6) is 17.2 Å². The highest BCUT2D eigenvalue weighted by atomic mass is 32.2. The van der Waals surface area contributed by atoms with Crippen molar-refractivity contribution in [2.45, 2.75) is 24.7 Å². The van der Waals surface area contributed by atoms with Crippen LogP contribution in [0.1, 0.15) is 30.1 Å². The molecule has 1 amide bonds. The summed E-state index contributed by atoms with van der Waals surface area (Å²) in [6.45, 7) is 2.57. The summed E-state index contributed by atoms with van der Waals surface area (Å²) in [6.07, 6.45) is 1.72. The molecule has 232 valence electrons. The van der Waals surface area contributed by atoms with Crippen molar-refractivity contribution in [1.82, 2.24) is 9.99 Å². The van der Waals surface area contributed by atoms with Gasteiger partial charge in [0.1, 0.15) is 16.4 Å². The lowest BCUT2D eigenvalue weighted by molar-refractivity contribution is 0.0952. The van der Waals surface area contributed by atoms with Gasteiger partial charge in [0, 0.05) is 23.2 Å². The van der Waals surface area contributed by atoms with E-state index < -0.39 is 15.9 Å². The summed E-state index contributed by atoms with van der Waals surface area (Å²) in [5.41, 5.74) is 5.60. The number of ether oxygens (including phenoxy) is 2. The van der Waals surface area contributed by atoms with Crippen molar-refractivity contribution in [3.8, 4) is 34.2 Å². The fourth-order valence-electron chi connectivity index (χ4n) is 4.53. The minimum Gasteiger partial charge on any atom is -0.497 e. The first-order valence-electron chi connectivity index (χ1n) is 14.2. The van der Waals surface area contributed by atoms with Crippen LogP contribution in [0.3, 0.4) is 0 Å². The summed E-state index contributed by atoms with van der Waals surface area (Å²) >= 11 is 1.34. The number of nitrogens with one attached hydrogen (secondary N) is 2. The Morgan fingerprint density at radius 2 is 1.64 bits per heavy atom. The Kier molecular flexibility index (Phi) is 9.98. The molecular formula is C33H33N5O5S2. The van der Waals surface area contributed by atoms with Gasteiger partial charge < -0.3 is 14.8 Å². The van der Waals surface area contributed by atoms with Gasteiger partial charge in [-0.05, 0) is 72.6 Å². The van der Waals surface area contributed by atoms with Crippen molar-refractivity contribution < 1.29 is 22.7 Å².